The fourth-order valence-electron chi connectivity index (χ4n) is 17.9. The normalized spacial score (nSPS) is 11.0. The molecule has 12 nitrogen and oxygen atoms in total. The van der Waals surface area contributed by atoms with Gasteiger partial charge < -0.3 is 63.8 Å². The zero-order valence-corrected chi connectivity index (χ0v) is 81.3. The molecule has 0 amide bonds. The van der Waals surface area contributed by atoms with E-state index < -0.39 is 23.5 Å². The summed E-state index contributed by atoms with van der Waals surface area (Å²) in [5.41, 5.74) is 81.0. The van der Waals surface area contributed by atoms with Crippen molar-refractivity contribution in [1.82, 2.24) is 0 Å². The van der Waals surface area contributed by atoms with Gasteiger partial charge in [-0.2, -0.15) is 26.3 Å². The predicted molar refractivity (Wildman–Crippen MR) is 538 cm³/mol. The van der Waals surface area contributed by atoms with Gasteiger partial charge in [0.2, 0.25) is 0 Å². The van der Waals surface area contributed by atoms with Gasteiger partial charge in [0.1, 0.15) is 0 Å². The second-order valence-corrected chi connectivity index (χ2v) is 35.7. The van der Waals surface area contributed by atoms with Crippen molar-refractivity contribution in [2.45, 2.75) is 165 Å². The third-order valence-corrected chi connectivity index (χ3v) is 23.2. The molecular formula is C108H138F6N12. The summed E-state index contributed by atoms with van der Waals surface area (Å²) in [6.45, 7) is 45.2. The van der Waals surface area contributed by atoms with Crippen molar-refractivity contribution in [3.63, 3.8) is 0 Å². The number of nitrogens with two attached hydrogens (primary N) is 6. The van der Waals surface area contributed by atoms with Crippen molar-refractivity contribution in [3.05, 3.63) is 279 Å². The van der Waals surface area contributed by atoms with Crippen LogP contribution in [0.15, 0.2) is 146 Å². The maximum absolute atomic E-state index is 13.8. The zero-order chi connectivity index (χ0) is 95.1. The number of hydrogen-bond acceptors (Lipinski definition) is 12. The Kier molecular flexibility index (Phi) is 32.7. The van der Waals surface area contributed by atoms with Crippen molar-refractivity contribution in [2.75, 3.05) is 148 Å². The van der Waals surface area contributed by atoms with E-state index in [1.165, 1.54) is 162 Å². The Morgan fingerprint density at radius 3 is 0.381 bits per heavy atom. The molecular weight excluding hydrogens is 1580 g/mol. The summed E-state index contributed by atoms with van der Waals surface area (Å²) in [5, 5.41) is 0. The summed E-state index contributed by atoms with van der Waals surface area (Å²) in [6.07, 6.45) is -8.87. The van der Waals surface area contributed by atoms with Crippen LogP contribution in [0.1, 0.15) is 134 Å². The molecule has 0 aromatic heterocycles. The Bertz CT molecular complexity index is 5300. The quantitative estimate of drug-likeness (QED) is 0.0505. The summed E-state index contributed by atoms with van der Waals surface area (Å²) in [7, 11) is 24.1. The molecule has 0 heterocycles. The highest BCUT2D eigenvalue weighted by molar-refractivity contribution is 5.87. The topological polar surface area (TPSA) is 176 Å². The molecule has 126 heavy (non-hydrogen) atoms. The lowest BCUT2D eigenvalue weighted by Crippen LogP contribution is -2.15. The lowest BCUT2D eigenvalue weighted by atomic mass is 9.88. The van der Waals surface area contributed by atoms with Gasteiger partial charge in [-0.1, -0.05) is 0 Å². The van der Waals surface area contributed by atoms with Gasteiger partial charge in [-0.3, -0.25) is 0 Å². The van der Waals surface area contributed by atoms with Crippen molar-refractivity contribution < 1.29 is 26.3 Å². The van der Waals surface area contributed by atoms with E-state index in [9.17, 15) is 26.3 Å². The first-order chi connectivity index (χ1) is 58.3. The highest BCUT2D eigenvalue weighted by Crippen LogP contribution is 2.48. The number of halogens is 6. The summed E-state index contributed by atoms with van der Waals surface area (Å²) in [6, 6.07) is 47.2. The molecule has 0 radical (unpaired) electrons. The minimum absolute atomic E-state index is 0.106. The predicted octanol–water partition coefficient (Wildman–Crippen LogP) is 26.8. The average molecular weight is 1720 g/mol. The first-order valence-electron chi connectivity index (χ1n) is 42.4. The fraction of sp³-hybridized carbons (Fsp3) is 0.333. The van der Waals surface area contributed by atoms with Crippen molar-refractivity contribution in [1.29, 1.82) is 0 Å². The molecule has 0 unspecified atom stereocenters. The van der Waals surface area contributed by atoms with Gasteiger partial charge in [-0.15, -0.1) is 0 Å². The smallest absolute Gasteiger partial charge is 0.399 e. The van der Waals surface area contributed by atoms with Crippen LogP contribution in [0.4, 0.5) is 94.6 Å². The molecule has 672 valence electrons. The van der Waals surface area contributed by atoms with Crippen molar-refractivity contribution >= 4 is 68.2 Å². The number of nitrogens with zero attached hydrogens (tertiary/aromatic N) is 6. The molecule has 0 aliphatic heterocycles. The summed E-state index contributed by atoms with van der Waals surface area (Å²) < 4.78 is 81.5. The van der Waals surface area contributed by atoms with E-state index in [0.29, 0.717) is 44.8 Å². The summed E-state index contributed by atoms with van der Waals surface area (Å²) in [5.74, 6) is 0. The largest absolute Gasteiger partial charge is 0.417 e. The van der Waals surface area contributed by atoms with Gasteiger partial charge in [0.15, 0.2) is 0 Å². The Balaban J connectivity index is 0.000000208. The molecule has 0 aliphatic carbocycles. The zero-order valence-electron chi connectivity index (χ0n) is 81.3. The molecule has 0 spiro atoms. The maximum atomic E-state index is 13.8. The van der Waals surface area contributed by atoms with Crippen LogP contribution in [-0.4, -0.2) is 84.6 Å². The highest BCUT2D eigenvalue weighted by Gasteiger charge is 2.37. The van der Waals surface area contributed by atoms with Crippen LogP contribution in [0.25, 0.3) is 66.8 Å². The second kappa shape index (κ2) is 40.9. The molecule has 0 atom stereocenters. The lowest BCUT2D eigenvalue weighted by molar-refractivity contribution is -0.137. The number of hydrogen-bond donors (Lipinski definition) is 6. The molecule has 0 saturated carbocycles. The number of anilines is 12. The van der Waals surface area contributed by atoms with E-state index in [2.05, 4.69) is 235 Å². The van der Waals surface area contributed by atoms with Crippen LogP contribution in [0.3, 0.4) is 0 Å². The van der Waals surface area contributed by atoms with Gasteiger partial charge in [0.05, 0.1) is 11.1 Å². The van der Waals surface area contributed by atoms with Crippen LogP contribution >= 0.6 is 0 Å². The van der Waals surface area contributed by atoms with E-state index in [0.717, 1.165) is 45.6 Å². The first kappa shape index (κ1) is 101. The molecule has 18 heteroatoms. The van der Waals surface area contributed by atoms with E-state index in [1.54, 1.807) is 64.9 Å². The molecule has 0 fully saturated rings. The summed E-state index contributed by atoms with van der Waals surface area (Å²) >= 11 is 0. The summed E-state index contributed by atoms with van der Waals surface area (Å²) in [4.78, 5) is 12.3. The average Bonchev–Trinajstić information content (AvgIpc) is 0.772. The third-order valence-electron chi connectivity index (χ3n) is 23.2. The minimum Gasteiger partial charge on any atom is -0.399 e. The molecule has 0 aliphatic rings. The van der Waals surface area contributed by atoms with Crippen LogP contribution in [0, 0.1) is 152 Å². The number of aryl methyl sites for hydroxylation is 22. The Morgan fingerprint density at radius 2 is 0.246 bits per heavy atom. The Labute approximate surface area is 749 Å². The van der Waals surface area contributed by atoms with Crippen LogP contribution in [0.2, 0.25) is 0 Å². The fourth-order valence-corrected chi connectivity index (χ4v) is 17.9. The van der Waals surface area contributed by atoms with E-state index in [1.807, 2.05) is 99.6 Å². The number of nitrogen functional groups attached to an aromatic ring is 6. The molecule has 12 aromatic carbocycles. The van der Waals surface area contributed by atoms with Gasteiger partial charge in [-0.05, 0) is 487 Å². The number of alkyl halides is 6. The molecule has 12 aromatic rings. The molecule has 0 saturated heterocycles. The standard InChI is InChI=1S/C20H25F3N2.2C20H28N2.C16H17F3N2.2C16H20N2/c1-12-8-15(24(4)5)9-13(2)18(12)19-14(3)10-16(25(6)7)11-17(19)20(21,22)23;2*1-13-9-17(21(5)6)10-14(2)19(13)20-15(3)11-18(22(7)8)12-16(20)4;1-8-4-11(20)5-9(2)14(8)15-10(3)6-12(21)7-13(15)16(17,18)19;2*1-9-5-13(17)6-10(2)15(9)16-11(3)7-14(18)8-12(16)4/h8-11H,1-7H3;2*9-12H,1-8H3;4-7H,20-21H2,1-3H3;2*5-8H,17-18H2,1-4H3. The minimum atomic E-state index is -4.46. The van der Waals surface area contributed by atoms with Gasteiger partial charge in [-0.25, -0.2) is 0 Å². The van der Waals surface area contributed by atoms with E-state index in [-0.39, 0.29) is 16.8 Å². The number of benzene rings is 12. The number of rotatable bonds is 12. The highest BCUT2D eigenvalue weighted by atomic mass is 19.4. The van der Waals surface area contributed by atoms with E-state index >= 15 is 0 Å². The Hall–Kier alpha value is -12.2. The van der Waals surface area contributed by atoms with Gasteiger partial charge >= 0.3 is 12.4 Å². The molecule has 12 N–H and O–H groups in total. The second-order valence-electron chi connectivity index (χ2n) is 35.7. The van der Waals surface area contributed by atoms with E-state index in [4.69, 9.17) is 34.4 Å². The van der Waals surface area contributed by atoms with Crippen LogP contribution in [-0.2, 0) is 12.4 Å². The Morgan fingerprint density at radius 1 is 0.151 bits per heavy atom. The molecule has 12 rings (SSSR count). The first-order valence-corrected chi connectivity index (χ1v) is 42.4. The SMILES string of the molecule is Cc1cc(N(C)C)cc(C)c1-c1c(C)cc(N(C)C)cc1C.Cc1cc(N(C)C)cc(C)c1-c1c(C)cc(N(C)C)cc1C.Cc1cc(N(C)C)cc(C)c1-c1c(C)cc(N(C)C)cc1C(F)(F)F.Cc1cc(N)cc(C)c1-c1c(C)cc(N)cc1C.Cc1cc(N)cc(C)c1-c1c(C)cc(N)cc1C.Cc1cc(N)cc(C)c1-c1c(C)cc(N)cc1C(F)(F)F. The monoisotopic (exact) mass is 1720 g/mol. The van der Waals surface area contributed by atoms with Gasteiger partial charge in [0, 0.05) is 153 Å². The van der Waals surface area contributed by atoms with Crippen LogP contribution in [0.5, 0.6) is 0 Å². The lowest BCUT2D eigenvalue weighted by Gasteiger charge is -2.24. The molecule has 0 bridgehead atoms. The van der Waals surface area contributed by atoms with Crippen molar-refractivity contribution in [2.24, 2.45) is 0 Å². The maximum Gasteiger partial charge on any atom is 0.417 e. The van der Waals surface area contributed by atoms with Crippen LogP contribution < -0.4 is 63.8 Å². The van der Waals surface area contributed by atoms with Crippen molar-refractivity contribution in [3.8, 4) is 66.8 Å². The van der Waals surface area contributed by atoms with Gasteiger partial charge in [0.25, 0.3) is 0 Å². The third kappa shape index (κ3) is 23.9.